The molecule has 2 N–H and O–H groups in total. The quantitative estimate of drug-likeness (QED) is 0.685. The van der Waals surface area contributed by atoms with Crippen molar-refractivity contribution in [2.24, 2.45) is 0 Å². The molecule has 9 nitrogen and oxygen atoms in total. The van der Waals surface area contributed by atoms with E-state index in [1.165, 1.54) is 0 Å². The van der Waals surface area contributed by atoms with E-state index < -0.39 is 0 Å². The van der Waals surface area contributed by atoms with Crippen LogP contribution in [0.4, 0.5) is 10.5 Å². The number of urea groups is 1. The summed E-state index contributed by atoms with van der Waals surface area (Å²) in [6.45, 7) is 0.678. The van der Waals surface area contributed by atoms with Crippen LogP contribution in [0.3, 0.4) is 0 Å². The summed E-state index contributed by atoms with van der Waals surface area (Å²) in [5.74, 6) is 1.66. The first-order chi connectivity index (χ1) is 14.1. The molecule has 0 aliphatic carbocycles. The summed E-state index contributed by atoms with van der Waals surface area (Å²) in [7, 11) is 3.56. The molecule has 3 aromatic rings. The minimum absolute atomic E-state index is 0.0409. The average Bonchev–Trinajstić information content (AvgIpc) is 3.35. The van der Waals surface area contributed by atoms with E-state index in [0.29, 0.717) is 41.8 Å². The first-order valence-corrected chi connectivity index (χ1v) is 9.29. The fourth-order valence-electron chi connectivity index (χ4n) is 3.42. The van der Waals surface area contributed by atoms with E-state index in [0.717, 1.165) is 0 Å². The van der Waals surface area contributed by atoms with E-state index in [-0.39, 0.29) is 18.1 Å². The zero-order chi connectivity index (χ0) is 20.2. The number of anilines is 1. The monoisotopic (exact) mass is 394 g/mol. The maximum Gasteiger partial charge on any atom is 0.319 e. The Kier molecular flexibility index (Phi) is 5.39. The normalized spacial score (nSPS) is 19.1. The molecule has 1 fully saturated rings. The molecule has 9 heteroatoms. The number of carbonyl (C=O) groups is 1. The maximum absolute atomic E-state index is 12.4. The Morgan fingerprint density at radius 2 is 2.17 bits per heavy atom. The number of carbonyl (C=O) groups excluding carboxylic acids is 1. The van der Waals surface area contributed by atoms with Crippen molar-refractivity contribution in [2.45, 2.75) is 18.5 Å². The molecule has 0 bridgehead atoms. The first-order valence-electron chi connectivity index (χ1n) is 9.29. The van der Waals surface area contributed by atoms with Gasteiger partial charge in [0.05, 0.1) is 13.2 Å². The van der Waals surface area contributed by atoms with E-state index in [1.807, 2.05) is 43.4 Å². The van der Waals surface area contributed by atoms with Crippen LogP contribution in [0.15, 0.2) is 53.2 Å². The zero-order valence-corrected chi connectivity index (χ0v) is 16.2. The fraction of sp³-hybridized carbons (Fsp3) is 0.300. The van der Waals surface area contributed by atoms with Gasteiger partial charge in [0.2, 0.25) is 11.7 Å². The van der Waals surface area contributed by atoms with E-state index in [9.17, 15) is 4.79 Å². The van der Waals surface area contributed by atoms with Crippen LogP contribution in [0.5, 0.6) is 5.75 Å². The molecular weight excluding hydrogens is 372 g/mol. The summed E-state index contributed by atoms with van der Waals surface area (Å²) in [6, 6.07) is 12.4. The van der Waals surface area contributed by atoms with Gasteiger partial charge in [-0.3, -0.25) is 9.88 Å². The number of pyridine rings is 1. The molecule has 1 saturated heterocycles. The summed E-state index contributed by atoms with van der Waals surface area (Å²) in [5.41, 5.74) is 1.33. The predicted octanol–water partition coefficient (Wildman–Crippen LogP) is 2.71. The Morgan fingerprint density at radius 3 is 2.97 bits per heavy atom. The molecule has 3 heterocycles. The van der Waals surface area contributed by atoms with Crippen molar-refractivity contribution in [2.75, 3.05) is 26.0 Å². The van der Waals surface area contributed by atoms with Crippen molar-refractivity contribution in [3.05, 3.63) is 54.6 Å². The van der Waals surface area contributed by atoms with E-state index in [4.69, 9.17) is 9.26 Å². The van der Waals surface area contributed by atoms with Crippen LogP contribution in [0.1, 0.15) is 18.4 Å². The Hall–Kier alpha value is -3.46. The lowest BCUT2D eigenvalue weighted by atomic mass is 10.1. The second-order valence-corrected chi connectivity index (χ2v) is 6.89. The smallest absolute Gasteiger partial charge is 0.319 e. The highest BCUT2D eigenvalue weighted by Gasteiger charge is 2.35. The van der Waals surface area contributed by atoms with Gasteiger partial charge in [-0.2, -0.15) is 4.98 Å². The molecule has 1 aromatic carbocycles. The van der Waals surface area contributed by atoms with Crippen LogP contribution in [-0.2, 0) is 0 Å². The molecule has 1 aliphatic rings. The van der Waals surface area contributed by atoms with Crippen LogP contribution in [0.2, 0.25) is 0 Å². The number of aromatic nitrogens is 3. The van der Waals surface area contributed by atoms with E-state index >= 15 is 0 Å². The summed E-state index contributed by atoms with van der Waals surface area (Å²) in [4.78, 5) is 23.2. The lowest BCUT2D eigenvalue weighted by molar-refractivity contribution is 0.243. The molecular formula is C20H22N6O3. The van der Waals surface area contributed by atoms with Gasteiger partial charge in [-0.25, -0.2) is 4.79 Å². The van der Waals surface area contributed by atoms with Crippen molar-refractivity contribution in [1.82, 2.24) is 25.3 Å². The molecule has 0 saturated carbocycles. The second kappa shape index (κ2) is 8.27. The van der Waals surface area contributed by atoms with Crippen LogP contribution < -0.4 is 15.4 Å². The number of ether oxygens (including phenoxy) is 1. The van der Waals surface area contributed by atoms with Crippen molar-refractivity contribution >= 4 is 11.7 Å². The number of hydrogen-bond donors (Lipinski definition) is 2. The Bertz CT molecular complexity index is 977. The Balaban J connectivity index is 1.37. The van der Waals surface area contributed by atoms with E-state index in [2.05, 4.69) is 30.7 Å². The third-order valence-electron chi connectivity index (χ3n) is 4.83. The number of methoxy groups -OCH3 is 1. The number of nitrogens with zero attached hydrogens (tertiary/aromatic N) is 4. The molecule has 29 heavy (non-hydrogen) atoms. The van der Waals surface area contributed by atoms with Gasteiger partial charge in [-0.05, 0) is 37.7 Å². The number of rotatable bonds is 5. The second-order valence-electron chi connectivity index (χ2n) is 6.89. The van der Waals surface area contributed by atoms with Crippen molar-refractivity contribution in [3.63, 3.8) is 0 Å². The third kappa shape index (κ3) is 4.35. The highest BCUT2D eigenvalue weighted by atomic mass is 16.5. The number of likely N-dealkylation sites (N-methyl/N-ethyl adjacent to an activating group) is 1. The van der Waals surface area contributed by atoms with Crippen LogP contribution in [0, 0.1) is 0 Å². The van der Waals surface area contributed by atoms with Crippen LogP contribution in [0.25, 0.3) is 11.5 Å². The fourth-order valence-corrected chi connectivity index (χ4v) is 3.42. The minimum Gasteiger partial charge on any atom is -0.497 e. The van der Waals surface area contributed by atoms with Gasteiger partial charge >= 0.3 is 6.03 Å². The lowest BCUT2D eigenvalue weighted by Gasteiger charge is -2.14. The molecule has 2 atom stereocenters. The average molecular weight is 394 g/mol. The summed E-state index contributed by atoms with van der Waals surface area (Å²) in [6.07, 6.45) is 2.36. The predicted molar refractivity (Wildman–Crippen MR) is 106 cm³/mol. The highest BCUT2D eigenvalue weighted by molar-refractivity contribution is 5.89. The number of benzene rings is 1. The van der Waals surface area contributed by atoms with Gasteiger partial charge in [0, 0.05) is 30.5 Å². The summed E-state index contributed by atoms with van der Waals surface area (Å²) >= 11 is 0. The summed E-state index contributed by atoms with van der Waals surface area (Å²) < 4.78 is 10.6. The van der Waals surface area contributed by atoms with Gasteiger partial charge in [-0.1, -0.05) is 17.3 Å². The van der Waals surface area contributed by atoms with Gasteiger partial charge in [0.1, 0.15) is 11.4 Å². The molecule has 150 valence electrons. The molecule has 0 spiro atoms. The molecule has 2 amide bonds. The van der Waals surface area contributed by atoms with Crippen LogP contribution >= 0.6 is 0 Å². The number of hydrogen-bond acceptors (Lipinski definition) is 7. The zero-order valence-electron chi connectivity index (χ0n) is 16.2. The third-order valence-corrected chi connectivity index (χ3v) is 4.83. The van der Waals surface area contributed by atoms with Gasteiger partial charge in [0.25, 0.3) is 0 Å². The van der Waals surface area contributed by atoms with Gasteiger partial charge < -0.3 is 19.9 Å². The van der Waals surface area contributed by atoms with Gasteiger partial charge in [-0.15, -0.1) is 0 Å². The highest BCUT2D eigenvalue weighted by Crippen LogP contribution is 2.30. The molecule has 0 unspecified atom stereocenters. The van der Waals surface area contributed by atoms with E-state index in [1.54, 1.807) is 19.4 Å². The van der Waals surface area contributed by atoms with Crippen molar-refractivity contribution in [1.29, 1.82) is 0 Å². The standard InChI is InChI=1S/C20H22N6O3/c1-26-12-14(23-20(27)22-13-6-5-7-15(10-13)28-2)11-17(26)19-24-18(25-29-19)16-8-3-4-9-21-16/h3-10,14,17H,11-12H2,1-2H3,(H2,22,23,27)/t14-,17-/m0/s1. The lowest BCUT2D eigenvalue weighted by Crippen LogP contribution is -2.39. The molecule has 1 aliphatic heterocycles. The summed E-state index contributed by atoms with van der Waals surface area (Å²) in [5, 5.41) is 9.87. The maximum atomic E-state index is 12.4. The van der Waals surface area contributed by atoms with Crippen LogP contribution in [-0.4, -0.2) is 52.8 Å². The number of amides is 2. The van der Waals surface area contributed by atoms with Crippen molar-refractivity contribution < 1.29 is 14.1 Å². The molecule has 2 aromatic heterocycles. The Morgan fingerprint density at radius 1 is 1.28 bits per heavy atom. The number of nitrogens with one attached hydrogen (secondary N) is 2. The van der Waals surface area contributed by atoms with Gasteiger partial charge in [0.15, 0.2) is 0 Å². The largest absolute Gasteiger partial charge is 0.497 e. The first kappa shape index (κ1) is 18.9. The minimum atomic E-state index is -0.267. The Labute approximate surface area is 168 Å². The molecule has 4 rings (SSSR count). The number of likely N-dealkylation sites (tertiary alicyclic amines) is 1. The topological polar surface area (TPSA) is 105 Å². The van der Waals surface area contributed by atoms with Crippen molar-refractivity contribution in [3.8, 4) is 17.3 Å². The molecule has 0 radical (unpaired) electrons. The SMILES string of the molecule is COc1cccc(NC(=O)N[C@H]2C[C@@H](c3nc(-c4ccccn4)no3)N(C)C2)c1.